The van der Waals surface area contributed by atoms with Gasteiger partial charge in [0.2, 0.25) is 10.7 Å². The minimum absolute atomic E-state index is 0.507. The second-order valence-corrected chi connectivity index (χ2v) is 2.53. The van der Waals surface area contributed by atoms with Crippen LogP contribution in [0, 0.1) is 0 Å². The summed E-state index contributed by atoms with van der Waals surface area (Å²) in [5.74, 6) is 5.68. The van der Waals surface area contributed by atoms with Gasteiger partial charge in [0.05, 0.1) is 6.54 Å². The number of halogens is 1. The van der Waals surface area contributed by atoms with E-state index in [4.69, 9.17) is 5.84 Å². The zero-order valence-corrected chi connectivity index (χ0v) is 7.37. The molecule has 0 saturated carbocycles. The van der Waals surface area contributed by atoms with Crippen LogP contribution in [0.25, 0.3) is 0 Å². The van der Waals surface area contributed by atoms with E-state index in [9.17, 15) is 0 Å². The van der Waals surface area contributed by atoms with Crippen molar-refractivity contribution < 1.29 is 0 Å². The third-order valence-electron chi connectivity index (χ3n) is 1.08. The largest absolute Gasteiger partial charge is 0.293 e. The van der Waals surface area contributed by atoms with Crippen LogP contribution >= 0.6 is 15.9 Å². The van der Waals surface area contributed by atoms with Crippen molar-refractivity contribution in [1.29, 1.82) is 0 Å². The zero-order valence-electron chi connectivity index (χ0n) is 5.79. The maximum absolute atomic E-state index is 5.17. The third kappa shape index (κ3) is 1.78. The normalized spacial score (nSPS) is 9.64. The Balaban J connectivity index is 2.91. The van der Waals surface area contributed by atoms with Gasteiger partial charge < -0.3 is 0 Å². The van der Waals surface area contributed by atoms with Crippen LogP contribution in [-0.4, -0.2) is 14.8 Å². The summed E-state index contributed by atoms with van der Waals surface area (Å²) in [6, 6.07) is 0. The summed E-state index contributed by atoms with van der Waals surface area (Å²) in [5.41, 5.74) is 2.41. The molecule has 0 amide bonds. The van der Waals surface area contributed by atoms with Gasteiger partial charge in [-0.25, -0.2) is 10.5 Å². The number of nitrogens with one attached hydrogen (secondary N) is 1. The number of hydrazine groups is 1. The summed E-state index contributed by atoms with van der Waals surface area (Å²) >= 11 is 3.12. The molecule has 0 atom stereocenters. The lowest BCUT2D eigenvalue weighted by Gasteiger charge is -1.98. The van der Waals surface area contributed by atoms with E-state index in [1.54, 1.807) is 10.8 Å². The Morgan fingerprint density at radius 1 is 1.82 bits per heavy atom. The van der Waals surface area contributed by atoms with Gasteiger partial charge in [0, 0.05) is 0 Å². The van der Waals surface area contributed by atoms with Crippen LogP contribution in [0.3, 0.4) is 0 Å². The molecule has 0 aliphatic heterocycles. The van der Waals surface area contributed by atoms with Gasteiger partial charge in [-0.1, -0.05) is 6.08 Å². The Bertz CT molecular complexity index is 255. The summed E-state index contributed by atoms with van der Waals surface area (Å²) in [6.07, 6.45) is 1.71. The molecule has 0 radical (unpaired) electrons. The Hall–Kier alpha value is -0.880. The van der Waals surface area contributed by atoms with Crippen LogP contribution in [0.5, 0.6) is 0 Å². The van der Waals surface area contributed by atoms with Crippen molar-refractivity contribution in [3.8, 4) is 0 Å². The maximum atomic E-state index is 5.17. The van der Waals surface area contributed by atoms with E-state index in [1.165, 1.54) is 0 Å². The van der Waals surface area contributed by atoms with Crippen molar-refractivity contribution in [1.82, 2.24) is 14.8 Å². The van der Waals surface area contributed by atoms with Crippen molar-refractivity contribution in [3.05, 3.63) is 17.4 Å². The van der Waals surface area contributed by atoms with Crippen molar-refractivity contribution in [2.75, 3.05) is 5.43 Å². The summed E-state index contributed by atoms with van der Waals surface area (Å²) < 4.78 is 2.10. The van der Waals surface area contributed by atoms with Gasteiger partial charge >= 0.3 is 0 Å². The molecule has 5 nitrogen and oxygen atoms in total. The Kier molecular flexibility index (Phi) is 2.61. The first kappa shape index (κ1) is 8.22. The second-order valence-electron chi connectivity index (χ2n) is 1.82. The molecule has 60 valence electrons. The first-order valence-corrected chi connectivity index (χ1v) is 3.75. The molecule has 0 unspecified atom stereocenters. The van der Waals surface area contributed by atoms with Gasteiger partial charge in [0.25, 0.3) is 0 Å². The number of hydrogen-bond acceptors (Lipinski definition) is 4. The maximum Gasteiger partial charge on any atom is 0.236 e. The number of allylic oxidation sites excluding steroid dienone is 1. The first-order chi connectivity index (χ1) is 5.27. The fraction of sp³-hybridized carbons (Fsp3) is 0.200. The van der Waals surface area contributed by atoms with Crippen LogP contribution < -0.4 is 11.3 Å². The highest BCUT2D eigenvalue weighted by Crippen LogP contribution is 2.07. The molecular weight excluding hydrogens is 210 g/mol. The standard InChI is InChI=1S/C5H8BrN5/c1-2-3-11-5(9-7)8-4(6)10-11/h2H,1,3,7H2,(H,8,9,10). The predicted octanol–water partition coefficient (Wildman–Crippen LogP) is 0.512. The highest BCUT2D eigenvalue weighted by atomic mass is 79.9. The lowest BCUT2D eigenvalue weighted by Crippen LogP contribution is -2.13. The van der Waals surface area contributed by atoms with Gasteiger partial charge in [-0.3, -0.25) is 5.43 Å². The molecule has 0 aliphatic carbocycles. The molecule has 1 rings (SSSR count). The lowest BCUT2D eigenvalue weighted by molar-refractivity contribution is 0.701. The van der Waals surface area contributed by atoms with Crippen molar-refractivity contribution in [2.45, 2.75) is 6.54 Å². The third-order valence-corrected chi connectivity index (χ3v) is 1.41. The number of hydrogen-bond donors (Lipinski definition) is 2. The van der Waals surface area contributed by atoms with E-state index in [1.807, 2.05) is 0 Å². The summed E-state index contributed by atoms with van der Waals surface area (Å²) in [5, 5.41) is 3.98. The van der Waals surface area contributed by atoms with Gasteiger partial charge in [0.1, 0.15) is 0 Å². The number of nitrogens with zero attached hydrogens (tertiary/aromatic N) is 3. The summed E-state index contributed by atoms with van der Waals surface area (Å²) in [6.45, 7) is 4.15. The zero-order chi connectivity index (χ0) is 8.27. The van der Waals surface area contributed by atoms with Gasteiger partial charge in [-0.2, -0.15) is 4.98 Å². The summed E-state index contributed by atoms with van der Waals surface area (Å²) in [7, 11) is 0. The van der Waals surface area contributed by atoms with Crippen molar-refractivity contribution in [2.24, 2.45) is 5.84 Å². The van der Waals surface area contributed by atoms with Gasteiger partial charge in [-0.05, 0) is 15.9 Å². The molecule has 1 aromatic rings. The Morgan fingerprint density at radius 2 is 2.55 bits per heavy atom. The van der Waals surface area contributed by atoms with E-state index in [0.717, 1.165) is 0 Å². The molecule has 0 aliphatic rings. The minimum Gasteiger partial charge on any atom is -0.293 e. The fourth-order valence-corrected chi connectivity index (χ4v) is 1.03. The van der Waals surface area contributed by atoms with E-state index in [0.29, 0.717) is 17.2 Å². The van der Waals surface area contributed by atoms with Crippen LogP contribution in [0.2, 0.25) is 0 Å². The number of nitrogens with two attached hydrogens (primary N) is 1. The molecule has 1 aromatic heterocycles. The van der Waals surface area contributed by atoms with E-state index in [2.05, 4.69) is 38.0 Å². The van der Waals surface area contributed by atoms with Crippen molar-refractivity contribution in [3.63, 3.8) is 0 Å². The Labute approximate surface area is 72.4 Å². The van der Waals surface area contributed by atoms with Crippen LogP contribution in [0.4, 0.5) is 5.95 Å². The van der Waals surface area contributed by atoms with Gasteiger partial charge in [-0.15, -0.1) is 11.7 Å². The second kappa shape index (κ2) is 3.49. The Morgan fingerprint density at radius 3 is 3.09 bits per heavy atom. The van der Waals surface area contributed by atoms with E-state index < -0.39 is 0 Å². The molecule has 6 heteroatoms. The molecule has 0 spiro atoms. The average Bonchev–Trinajstić information content (AvgIpc) is 2.32. The minimum atomic E-state index is 0.507. The average molecular weight is 218 g/mol. The van der Waals surface area contributed by atoms with Crippen LogP contribution in [0.1, 0.15) is 0 Å². The molecule has 0 fully saturated rings. The SMILES string of the molecule is C=CCn1nc(Br)nc1NN. The number of aromatic nitrogens is 3. The van der Waals surface area contributed by atoms with Crippen LogP contribution in [-0.2, 0) is 6.54 Å². The molecule has 0 saturated heterocycles. The fourth-order valence-electron chi connectivity index (χ4n) is 0.671. The van der Waals surface area contributed by atoms with E-state index in [-0.39, 0.29) is 0 Å². The monoisotopic (exact) mass is 217 g/mol. The highest BCUT2D eigenvalue weighted by Gasteiger charge is 2.03. The predicted molar refractivity (Wildman–Crippen MR) is 45.7 cm³/mol. The number of nitrogen functional groups attached to an aromatic ring is 1. The topological polar surface area (TPSA) is 68.8 Å². The quantitative estimate of drug-likeness (QED) is 0.440. The molecule has 3 N–H and O–H groups in total. The molecule has 0 bridgehead atoms. The molecule has 1 heterocycles. The highest BCUT2D eigenvalue weighted by molar-refractivity contribution is 9.10. The van der Waals surface area contributed by atoms with Gasteiger partial charge in [0.15, 0.2) is 0 Å². The van der Waals surface area contributed by atoms with Crippen LogP contribution in [0.15, 0.2) is 17.4 Å². The molecular formula is C5H8BrN5. The van der Waals surface area contributed by atoms with Crippen molar-refractivity contribution >= 4 is 21.9 Å². The number of anilines is 1. The smallest absolute Gasteiger partial charge is 0.236 e. The first-order valence-electron chi connectivity index (χ1n) is 2.95. The van der Waals surface area contributed by atoms with E-state index >= 15 is 0 Å². The lowest BCUT2D eigenvalue weighted by atomic mass is 10.6. The number of rotatable bonds is 3. The molecule has 0 aromatic carbocycles. The molecule has 11 heavy (non-hydrogen) atoms. The summed E-state index contributed by atoms with van der Waals surface area (Å²) in [4.78, 5) is 3.93.